The molecule has 0 bridgehead atoms. The molecule has 0 radical (unpaired) electrons. The van der Waals surface area contributed by atoms with Gasteiger partial charge in [-0.2, -0.15) is 4.31 Å². The highest BCUT2D eigenvalue weighted by Crippen LogP contribution is 2.25. The molecular formula is C23H25N3O5S2. The molecule has 3 aromatic rings. The Morgan fingerprint density at radius 3 is 2.55 bits per heavy atom. The number of ether oxygens (including phenoxy) is 1. The van der Waals surface area contributed by atoms with Gasteiger partial charge in [-0.1, -0.05) is 29.5 Å². The molecule has 0 spiro atoms. The summed E-state index contributed by atoms with van der Waals surface area (Å²) >= 11 is 1.05. The summed E-state index contributed by atoms with van der Waals surface area (Å²) in [5, 5.41) is 0. The number of para-hydroxylation sites is 1. The van der Waals surface area contributed by atoms with Crippen LogP contribution in [-0.2, 0) is 21.4 Å². The lowest BCUT2D eigenvalue weighted by Gasteiger charge is -2.33. The molecule has 1 amide bonds. The molecule has 0 atom stereocenters. The van der Waals surface area contributed by atoms with E-state index in [4.69, 9.17) is 4.74 Å². The largest absolute Gasteiger partial charge is 0.496 e. The fraction of sp³-hybridized carbons (Fsp3) is 0.304. The zero-order chi connectivity index (χ0) is 23.6. The minimum absolute atomic E-state index is 0.102. The topological polar surface area (TPSA) is 88.9 Å². The van der Waals surface area contributed by atoms with E-state index in [1.165, 1.54) is 10.4 Å². The van der Waals surface area contributed by atoms with Crippen LogP contribution in [-0.4, -0.2) is 61.4 Å². The molecule has 1 aliphatic heterocycles. The summed E-state index contributed by atoms with van der Waals surface area (Å²) in [6.07, 6.45) is 3.18. The number of fused-ring (bicyclic) bond motifs is 1. The van der Waals surface area contributed by atoms with Gasteiger partial charge in [-0.15, -0.1) is 0 Å². The maximum absolute atomic E-state index is 13.2. The third-order valence-corrected chi connectivity index (χ3v) is 8.52. The monoisotopic (exact) mass is 487 g/mol. The maximum Gasteiger partial charge on any atom is 0.308 e. The fourth-order valence-electron chi connectivity index (χ4n) is 3.88. The first-order valence-corrected chi connectivity index (χ1v) is 12.8. The lowest BCUT2D eigenvalue weighted by molar-refractivity contribution is -0.127. The Labute approximate surface area is 196 Å². The molecule has 0 saturated carbocycles. The van der Waals surface area contributed by atoms with Gasteiger partial charge in [-0.05, 0) is 37.3 Å². The van der Waals surface area contributed by atoms with E-state index in [2.05, 4.69) is 0 Å². The smallest absolute Gasteiger partial charge is 0.308 e. The van der Waals surface area contributed by atoms with Gasteiger partial charge < -0.3 is 9.64 Å². The van der Waals surface area contributed by atoms with E-state index in [1.54, 1.807) is 40.9 Å². The molecule has 1 aromatic heterocycles. The van der Waals surface area contributed by atoms with Gasteiger partial charge >= 0.3 is 4.87 Å². The van der Waals surface area contributed by atoms with E-state index in [9.17, 15) is 18.0 Å². The second-order valence-corrected chi connectivity index (χ2v) is 10.5. The van der Waals surface area contributed by atoms with Crippen molar-refractivity contribution in [3.05, 3.63) is 63.8 Å². The molecule has 1 saturated heterocycles. The summed E-state index contributed by atoms with van der Waals surface area (Å²) in [6.45, 7) is 3.44. The lowest BCUT2D eigenvalue weighted by atomic mass is 10.2. The molecule has 1 fully saturated rings. The molecule has 0 N–H and O–H groups in total. The Hall–Kier alpha value is -2.95. The first-order valence-electron chi connectivity index (χ1n) is 10.6. The van der Waals surface area contributed by atoms with Crippen LogP contribution in [0.2, 0.25) is 0 Å². The number of piperazine rings is 1. The van der Waals surface area contributed by atoms with Gasteiger partial charge in [-0.25, -0.2) is 8.42 Å². The van der Waals surface area contributed by atoms with Crippen molar-refractivity contribution in [2.75, 3.05) is 33.3 Å². The van der Waals surface area contributed by atoms with E-state index in [1.807, 2.05) is 31.2 Å². The van der Waals surface area contributed by atoms with Crippen molar-refractivity contribution < 1.29 is 17.9 Å². The standard InChI is InChI=1S/C23H25N3O5S2/c1-3-26-19-10-9-18(16-21(19)32-23(26)28)33(29,30)25-14-12-24(13-15-25)22(27)11-8-17-6-4-5-7-20(17)31-2/h4-11,16H,3,12-15H2,1-2H3/b11-8+. The van der Waals surface area contributed by atoms with Gasteiger partial charge in [0.05, 0.1) is 22.2 Å². The van der Waals surface area contributed by atoms with Gasteiger partial charge in [0.2, 0.25) is 15.9 Å². The SMILES string of the molecule is CCn1c(=O)sc2cc(S(=O)(=O)N3CCN(C(=O)/C=C/c4ccccc4OC)CC3)ccc21. The average Bonchev–Trinajstić information content (AvgIpc) is 3.16. The molecule has 0 aliphatic carbocycles. The van der Waals surface area contributed by atoms with Crippen LogP contribution in [0.5, 0.6) is 5.75 Å². The van der Waals surface area contributed by atoms with Crippen molar-refractivity contribution in [3.63, 3.8) is 0 Å². The molecule has 33 heavy (non-hydrogen) atoms. The molecule has 4 rings (SSSR count). The van der Waals surface area contributed by atoms with Gasteiger partial charge in [-0.3, -0.25) is 14.2 Å². The van der Waals surface area contributed by atoms with Crippen LogP contribution in [0, 0.1) is 0 Å². The van der Waals surface area contributed by atoms with Crippen LogP contribution in [0.25, 0.3) is 16.3 Å². The highest BCUT2D eigenvalue weighted by Gasteiger charge is 2.30. The summed E-state index contributed by atoms with van der Waals surface area (Å²) in [4.78, 5) is 26.4. The molecular weight excluding hydrogens is 462 g/mol. The minimum Gasteiger partial charge on any atom is -0.496 e. The van der Waals surface area contributed by atoms with Crippen molar-refractivity contribution in [3.8, 4) is 5.75 Å². The van der Waals surface area contributed by atoms with Crippen LogP contribution in [0.1, 0.15) is 12.5 Å². The zero-order valence-electron chi connectivity index (χ0n) is 18.4. The Kier molecular flexibility index (Phi) is 6.68. The Balaban J connectivity index is 1.44. The molecule has 174 valence electrons. The van der Waals surface area contributed by atoms with Gasteiger partial charge in [0, 0.05) is 44.4 Å². The molecule has 1 aliphatic rings. The van der Waals surface area contributed by atoms with Crippen LogP contribution < -0.4 is 9.61 Å². The number of hydrogen-bond acceptors (Lipinski definition) is 6. The number of benzene rings is 2. The number of hydrogen-bond donors (Lipinski definition) is 0. The Morgan fingerprint density at radius 2 is 1.85 bits per heavy atom. The summed E-state index contributed by atoms with van der Waals surface area (Å²) in [5.41, 5.74) is 1.54. The van der Waals surface area contributed by atoms with Crippen LogP contribution in [0.15, 0.2) is 58.2 Å². The summed E-state index contributed by atoms with van der Waals surface area (Å²) in [6, 6.07) is 12.2. The van der Waals surface area contributed by atoms with Gasteiger partial charge in [0.15, 0.2) is 0 Å². The first-order chi connectivity index (χ1) is 15.8. The van der Waals surface area contributed by atoms with E-state index < -0.39 is 10.0 Å². The van der Waals surface area contributed by atoms with Crippen molar-refractivity contribution in [2.45, 2.75) is 18.4 Å². The first kappa shape index (κ1) is 23.2. The van der Waals surface area contributed by atoms with Crippen molar-refractivity contribution >= 4 is 43.6 Å². The number of nitrogens with zero attached hydrogens (tertiary/aromatic N) is 3. The minimum atomic E-state index is -3.72. The van der Waals surface area contributed by atoms with Crippen LogP contribution in [0.3, 0.4) is 0 Å². The summed E-state index contributed by atoms with van der Waals surface area (Å²) < 4.78 is 35.3. The quantitative estimate of drug-likeness (QED) is 0.499. The Bertz CT molecular complexity index is 1370. The highest BCUT2D eigenvalue weighted by atomic mass is 32.2. The van der Waals surface area contributed by atoms with Crippen LogP contribution in [0.4, 0.5) is 0 Å². The highest BCUT2D eigenvalue weighted by molar-refractivity contribution is 7.89. The molecule has 0 unspecified atom stereocenters. The number of aromatic nitrogens is 1. The number of aryl methyl sites for hydroxylation is 1. The Morgan fingerprint density at radius 1 is 1.12 bits per heavy atom. The second kappa shape index (κ2) is 9.50. The third-order valence-electron chi connectivity index (χ3n) is 5.69. The normalized spacial score (nSPS) is 15.4. The zero-order valence-corrected chi connectivity index (χ0v) is 20.1. The van der Waals surface area contributed by atoms with Crippen molar-refractivity contribution in [2.24, 2.45) is 0 Å². The predicted molar refractivity (Wildman–Crippen MR) is 129 cm³/mol. The average molecular weight is 488 g/mol. The number of methoxy groups -OCH3 is 1. The van der Waals surface area contributed by atoms with E-state index in [0.29, 0.717) is 30.1 Å². The third kappa shape index (κ3) is 4.59. The lowest BCUT2D eigenvalue weighted by Crippen LogP contribution is -2.50. The van der Waals surface area contributed by atoms with Gasteiger partial charge in [0.25, 0.3) is 0 Å². The van der Waals surface area contributed by atoms with Crippen LogP contribution >= 0.6 is 11.3 Å². The molecule has 8 nitrogen and oxygen atoms in total. The van der Waals surface area contributed by atoms with E-state index >= 15 is 0 Å². The summed E-state index contributed by atoms with van der Waals surface area (Å²) in [5.74, 6) is 0.499. The number of carbonyl (C=O) groups excluding carboxylic acids is 1. The fourth-order valence-corrected chi connectivity index (χ4v) is 6.39. The van der Waals surface area contributed by atoms with Crippen molar-refractivity contribution in [1.29, 1.82) is 0 Å². The van der Waals surface area contributed by atoms with Gasteiger partial charge in [0.1, 0.15) is 5.75 Å². The van der Waals surface area contributed by atoms with E-state index in [-0.39, 0.29) is 28.8 Å². The number of sulfonamides is 1. The number of rotatable bonds is 6. The van der Waals surface area contributed by atoms with Crippen molar-refractivity contribution in [1.82, 2.24) is 13.8 Å². The number of carbonyl (C=O) groups is 1. The number of amides is 1. The number of thiazole rings is 1. The molecule has 10 heteroatoms. The van der Waals surface area contributed by atoms with E-state index in [0.717, 1.165) is 22.4 Å². The molecule has 2 heterocycles. The second-order valence-electron chi connectivity index (χ2n) is 7.55. The maximum atomic E-state index is 13.2. The predicted octanol–water partition coefficient (Wildman–Crippen LogP) is 2.64. The summed E-state index contributed by atoms with van der Waals surface area (Å²) in [7, 11) is -2.15. The molecule has 2 aromatic carbocycles.